The highest BCUT2D eigenvalue weighted by Gasteiger charge is 2.16. The average molecular weight is 356 g/mol. The Kier molecular flexibility index (Phi) is 7.23. The Morgan fingerprint density at radius 2 is 2.10 bits per heavy atom. The smallest absolute Gasteiger partial charge is 0.223 e. The second kappa shape index (κ2) is 8.42. The summed E-state index contributed by atoms with van der Waals surface area (Å²) in [5.74, 6) is 0.843. The first-order valence-electron chi connectivity index (χ1n) is 7.36. The van der Waals surface area contributed by atoms with E-state index in [2.05, 4.69) is 42.0 Å². The third kappa shape index (κ3) is 8.76. The third-order valence-corrected chi connectivity index (χ3v) is 3.59. The Bertz CT molecular complexity index is 454. The van der Waals surface area contributed by atoms with Crippen LogP contribution in [0.5, 0.6) is 5.75 Å². The second-order valence-corrected chi connectivity index (χ2v) is 7.88. The molecular weight excluding hydrogens is 330 g/mol. The zero-order valence-corrected chi connectivity index (χ0v) is 15.0. The minimum atomic E-state index is 0.0287. The predicted octanol–water partition coefficient (Wildman–Crippen LogP) is 4.08. The summed E-state index contributed by atoms with van der Waals surface area (Å²) in [6, 6.07) is 7.84. The van der Waals surface area contributed by atoms with Gasteiger partial charge in [-0.2, -0.15) is 0 Å². The largest absolute Gasteiger partial charge is 0.493 e. The summed E-state index contributed by atoms with van der Waals surface area (Å²) in [6.07, 6.45) is 1.40. The van der Waals surface area contributed by atoms with E-state index in [0.29, 0.717) is 24.4 Å². The lowest BCUT2D eigenvalue weighted by molar-refractivity contribution is -0.121. The summed E-state index contributed by atoms with van der Waals surface area (Å²) >= 11 is 3.61. The molecular formula is C17H26BrNO2. The normalized spacial score (nSPS) is 12.8. The van der Waals surface area contributed by atoms with Crippen LogP contribution in [0.25, 0.3) is 0 Å². The van der Waals surface area contributed by atoms with E-state index in [0.717, 1.165) is 17.7 Å². The van der Waals surface area contributed by atoms with Gasteiger partial charge < -0.3 is 10.1 Å². The zero-order valence-electron chi connectivity index (χ0n) is 13.4. The van der Waals surface area contributed by atoms with E-state index in [-0.39, 0.29) is 11.3 Å². The fraction of sp³-hybridized carbons (Fsp3) is 0.588. The Balaban J connectivity index is 2.20. The van der Waals surface area contributed by atoms with Gasteiger partial charge in [0.25, 0.3) is 0 Å². The second-order valence-electron chi connectivity index (χ2n) is 6.58. The van der Waals surface area contributed by atoms with Crippen molar-refractivity contribution in [1.82, 2.24) is 5.32 Å². The van der Waals surface area contributed by atoms with Gasteiger partial charge in [-0.15, -0.1) is 0 Å². The van der Waals surface area contributed by atoms with Crippen molar-refractivity contribution >= 4 is 21.8 Å². The maximum Gasteiger partial charge on any atom is 0.223 e. The van der Waals surface area contributed by atoms with Crippen LogP contribution in [0, 0.1) is 12.3 Å². The quantitative estimate of drug-likeness (QED) is 0.748. The lowest BCUT2D eigenvalue weighted by Gasteiger charge is -2.22. The van der Waals surface area contributed by atoms with E-state index in [1.165, 1.54) is 0 Å². The standard InChI is InChI=1S/C17H26BrNO2/c1-13-6-5-7-15(10-13)21-9-8-16(20)19-12-14(18)11-17(2,3)4/h5-7,10,14H,8-9,11-12H2,1-4H3,(H,19,20). The number of benzene rings is 1. The predicted molar refractivity (Wildman–Crippen MR) is 91.1 cm³/mol. The van der Waals surface area contributed by atoms with Gasteiger partial charge in [-0.1, -0.05) is 48.8 Å². The topological polar surface area (TPSA) is 38.3 Å². The number of carbonyl (C=O) groups is 1. The van der Waals surface area contributed by atoms with E-state index < -0.39 is 0 Å². The number of hydrogen-bond donors (Lipinski definition) is 1. The molecule has 1 amide bonds. The molecule has 0 aliphatic rings. The number of rotatable bonds is 7. The molecule has 0 bridgehead atoms. The third-order valence-electron chi connectivity index (χ3n) is 2.94. The van der Waals surface area contributed by atoms with E-state index in [4.69, 9.17) is 4.74 Å². The highest BCUT2D eigenvalue weighted by Crippen LogP contribution is 2.24. The van der Waals surface area contributed by atoms with Gasteiger partial charge in [0.2, 0.25) is 5.91 Å². The number of halogens is 1. The fourth-order valence-electron chi connectivity index (χ4n) is 2.02. The SMILES string of the molecule is Cc1cccc(OCCC(=O)NCC(Br)CC(C)(C)C)c1. The average Bonchev–Trinajstić information content (AvgIpc) is 2.34. The molecule has 1 aromatic rings. The van der Waals surface area contributed by atoms with Crippen molar-refractivity contribution in [3.05, 3.63) is 29.8 Å². The molecule has 1 rings (SSSR count). The molecule has 3 nitrogen and oxygen atoms in total. The number of ether oxygens (including phenoxy) is 1. The molecule has 0 aliphatic carbocycles. The van der Waals surface area contributed by atoms with Crippen LogP contribution in [-0.4, -0.2) is 23.9 Å². The molecule has 0 fully saturated rings. The number of alkyl halides is 1. The molecule has 0 saturated heterocycles. The van der Waals surface area contributed by atoms with Crippen LogP contribution >= 0.6 is 15.9 Å². The molecule has 1 atom stereocenters. The van der Waals surface area contributed by atoms with Crippen LogP contribution in [0.3, 0.4) is 0 Å². The molecule has 1 N–H and O–H groups in total. The summed E-state index contributed by atoms with van der Waals surface area (Å²) < 4.78 is 5.57. The van der Waals surface area contributed by atoms with Crippen molar-refractivity contribution in [2.45, 2.75) is 45.4 Å². The maximum absolute atomic E-state index is 11.8. The van der Waals surface area contributed by atoms with Crippen LogP contribution in [-0.2, 0) is 4.79 Å². The molecule has 1 aromatic carbocycles. The molecule has 0 spiro atoms. The van der Waals surface area contributed by atoms with E-state index in [1.807, 2.05) is 31.2 Å². The van der Waals surface area contributed by atoms with Crippen molar-refractivity contribution in [3.8, 4) is 5.75 Å². The minimum absolute atomic E-state index is 0.0287. The van der Waals surface area contributed by atoms with Crippen molar-refractivity contribution in [3.63, 3.8) is 0 Å². The maximum atomic E-state index is 11.8. The van der Waals surface area contributed by atoms with Crippen LogP contribution in [0.2, 0.25) is 0 Å². The molecule has 118 valence electrons. The first-order valence-corrected chi connectivity index (χ1v) is 8.28. The zero-order chi connectivity index (χ0) is 15.9. The van der Waals surface area contributed by atoms with Crippen LogP contribution in [0.1, 0.15) is 39.2 Å². The van der Waals surface area contributed by atoms with Gasteiger partial charge in [0.05, 0.1) is 13.0 Å². The lowest BCUT2D eigenvalue weighted by atomic mass is 9.90. The minimum Gasteiger partial charge on any atom is -0.493 e. The van der Waals surface area contributed by atoms with Gasteiger partial charge in [0.15, 0.2) is 0 Å². The summed E-state index contributed by atoms with van der Waals surface area (Å²) in [7, 11) is 0. The van der Waals surface area contributed by atoms with Crippen molar-refractivity contribution in [2.75, 3.05) is 13.2 Å². The Morgan fingerprint density at radius 1 is 1.38 bits per heavy atom. The molecule has 0 aliphatic heterocycles. The lowest BCUT2D eigenvalue weighted by Crippen LogP contribution is -2.32. The fourth-order valence-corrected chi connectivity index (χ4v) is 3.15. The molecule has 4 heteroatoms. The summed E-state index contributed by atoms with van der Waals surface area (Å²) in [4.78, 5) is 12.1. The molecule has 0 aromatic heterocycles. The number of nitrogens with one attached hydrogen (secondary N) is 1. The summed E-state index contributed by atoms with van der Waals surface area (Å²) in [6.45, 7) is 9.66. The van der Waals surface area contributed by atoms with Crippen LogP contribution in [0.15, 0.2) is 24.3 Å². The Labute approximate surface area is 136 Å². The summed E-state index contributed by atoms with van der Waals surface area (Å²) in [5.41, 5.74) is 1.41. The van der Waals surface area contributed by atoms with Crippen LogP contribution < -0.4 is 10.1 Å². The van der Waals surface area contributed by atoms with Crippen molar-refractivity contribution < 1.29 is 9.53 Å². The van der Waals surface area contributed by atoms with Crippen LogP contribution in [0.4, 0.5) is 0 Å². The Morgan fingerprint density at radius 3 is 2.71 bits per heavy atom. The molecule has 0 saturated carbocycles. The molecule has 1 unspecified atom stereocenters. The number of carbonyl (C=O) groups excluding carboxylic acids is 1. The van der Waals surface area contributed by atoms with Crippen molar-refractivity contribution in [1.29, 1.82) is 0 Å². The number of hydrogen-bond acceptors (Lipinski definition) is 2. The molecule has 0 heterocycles. The molecule has 21 heavy (non-hydrogen) atoms. The highest BCUT2D eigenvalue weighted by molar-refractivity contribution is 9.09. The van der Waals surface area contributed by atoms with Gasteiger partial charge in [0, 0.05) is 11.4 Å². The van der Waals surface area contributed by atoms with E-state index in [1.54, 1.807) is 0 Å². The molecule has 0 radical (unpaired) electrons. The summed E-state index contributed by atoms with van der Waals surface area (Å²) in [5, 5.41) is 2.94. The highest BCUT2D eigenvalue weighted by atomic mass is 79.9. The van der Waals surface area contributed by atoms with E-state index >= 15 is 0 Å². The van der Waals surface area contributed by atoms with Crippen molar-refractivity contribution in [2.24, 2.45) is 5.41 Å². The van der Waals surface area contributed by atoms with Gasteiger partial charge in [-0.25, -0.2) is 0 Å². The first-order chi connectivity index (χ1) is 9.76. The Hall–Kier alpha value is -1.03. The number of amides is 1. The van der Waals surface area contributed by atoms with Gasteiger partial charge in [0.1, 0.15) is 5.75 Å². The van der Waals surface area contributed by atoms with E-state index in [9.17, 15) is 4.79 Å². The first kappa shape index (κ1) is 18.0. The van der Waals surface area contributed by atoms with Gasteiger partial charge >= 0.3 is 0 Å². The number of aryl methyl sites for hydroxylation is 1. The monoisotopic (exact) mass is 355 g/mol. The van der Waals surface area contributed by atoms with Gasteiger partial charge in [-0.05, 0) is 36.5 Å². The van der Waals surface area contributed by atoms with Gasteiger partial charge in [-0.3, -0.25) is 4.79 Å².